The molecule has 5 aromatic rings. The van der Waals surface area contributed by atoms with Gasteiger partial charge >= 0.3 is 0 Å². The first-order valence-electron chi connectivity index (χ1n) is 12.7. The highest BCUT2D eigenvalue weighted by molar-refractivity contribution is 5.80. The molecular formula is C30H30N6O2. The van der Waals surface area contributed by atoms with Gasteiger partial charge in [0, 0.05) is 41.1 Å². The van der Waals surface area contributed by atoms with Crippen LogP contribution < -0.4 is 16.2 Å². The van der Waals surface area contributed by atoms with Crippen molar-refractivity contribution >= 4 is 22.5 Å². The molecule has 8 nitrogen and oxygen atoms in total. The topological polar surface area (TPSA) is 105 Å². The molecule has 0 spiro atoms. The number of H-pyrrole nitrogens is 1. The summed E-state index contributed by atoms with van der Waals surface area (Å²) >= 11 is 0. The number of carbonyl (C=O) groups excluding carboxylic acids is 1. The molecule has 0 fully saturated rings. The Balaban J connectivity index is 1.32. The molecule has 0 radical (unpaired) electrons. The Labute approximate surface area is 220 Å². The van der Waals surface area contributed by atoms with Crippen LogP contribution in [0, 0.1) is 0 Å². The number of nitrogens with one attached hydrogen (secondary N) is 3. The zero-order valence-electron chi connectivity index (χ0n) is 21.2. The normalized spacial score (nSPS) is 11.8. The van der Waals surface area contributed by atoms with Crippen molar-refractivity contribution in [2.24, 2.45) is 0 Å². The number of amides is 1. The van der Waals surface area contributed by atoms with E-state index in [-0.39, 0.29) is 24.1 Å². The summed E-state index contributed by atoms with van der Waals surface area (Å²) in [6.07, 6.45) is 6.82. The number of rotatable bonds is 10. The van der Waals surface area contributed by atoms with Gasteiger partial charge in [-0.25, -0.2) is 4.98 Å². The third kappa shape index (κ3) is 5.81. The van der Waals surface area contributed by atoms with Gasteiger partial charge in [-0.05, 0) is 37.5 Å². The fourth-order valence-electron chi connectivity index (χ4n) is 4.47. The third-order valence-corrected chi connectivity index (χ3v) is 6.47. The lowest BCUT2D eigenvalue weighted by molar-refractivity contribution is -0.122. The molecule has 0 aliphatic heterocycles. The number of hydrogen-bond acceptors (Lipinski definition) is 5. The molecular weight excluding hydrogens is 476 g/mol. The number of fused-ring (bicyclic) bond motifs is 1. The summed E-state index contributed by atoms with van der Waals surface area (Å²) in [6, 6.07) is 23.2. The summed E-state index contributed by atoms with van der Waals surface area (Å²) in [5, 5.41) is 7.20. The van der Waals surface area contributed by atoms with Gasteiger partial charge in [0.25, 0.3) is 5.56 Å². The van der Waals surface area contributed by atoms with Crippen molar-refractivity contribution in [3.8, 4) is 11.4 Å². The van der Waals surface area contributed by atoms with Crippen molar-refractivity contribution in [2.45, 2.75) is 32.4 Å². The van der Waals surface area contributed by atoms with Gasteiger partial charge in [-0.15, -0.1) is 0 Å². The Kier molecular flexibility index (Phi) is 7.59. The molecule has 0 bridgehead atoms. The fraction of sp³-hybridized carbons (Fsp3) is 0.200. The van der Waals surface area contributed by atoms with Gasteiger partial charge < -0.3 is 15.6 Å². The fourth-order valence-corrected chi connectivity index (χ4v) is 4.47. The Morgan fingerprint density at radius 3 is 2.55 bits per heavy atom. The van der Waals surface area contributed by atoms with Crippen LogP contribution in [-0.4, -0.2) is 32.0 Å². The Morgan fingerprint density at radius 1 is 1.03 bits per heavy atom. The zero-order valence-corrected chi connectivity index (χ0v) is 21.2. The molecule has 1 amide bonds. The predicted octanol–water partition coefficient (Wildman–Crippen LogP) is 4.71. The summed E-state index contributed by atoms with van der Waals surface area (Å²) < 4.78 is 1.44. The maximum atomic E-state index is 13.5. The van der Waals surface area contributed by atoms with E-state index < -0.39 is 0 Å². The van der Waals surface area contributed by atoms with Crippen LogP contribution in [0.25, 0.3) is 22.3 Å². The second kappa shape index (κ2) is 11.6. The first-order valence-corrected chi connectivity index (χ1v) is 12.7. The maximum absolute atomic E-state index is 13.5. The minimum atomic E-state index is -0.281. The number of pyridine rings is 1. The van der Waals surface area contributed by atoms with Crippen molar-refractivity contribution in [3.05, 3.63) is 113 Å². The van der Waals surface area contributed by atoms with Gasteiger partial charge in [-0.1, -0.05) is 60.7 Å². The molecule has 3 N–H and O–H groups in total. The molecule has 5 rings (SSSR count). The minimum Gasteiger partial charge on any atom is -0.379 e. The standard InChI is InChI=1S/C30H30N6O2/c1-21(26-17-24-18-31-16-14-25(24)35-26)34-28(37)20-36-29(23-12-6-3-7-13-23)33-19-27(30(36)38)32-15-8-11-22-9-4-2-5-10-22/h2-7,9-10,12-14,16-19,21,32,35H,8,11,15,20H2,1H3,(H,34,37)/t21-/m0/s1. The number of anilines is 1. The van der Waals surface area contributed by atoms with E-state index >= 15 is 0 Å². The lowest BCUT2D eigenvalue weighted by Gasteiger charge is -2.17. The Hall–Kier alpha value is -4.72. The van der Waals surface area contributed by atoms with E-state index in [0.29, 0.717) is 18.1 Å². The molecule has 0 aliphatic carbocycles. The molecule has 0 unspecified atom stereocenters. The average Bonchev–Trinajstić information content (AvgIpc) is 3.39. The first kappa shape index (κ1) is 25.0. The molecule has 3 heterocycles. The Morgan fingerprint density at radius 2 is 1.79 bits per heavy atom. The van der Waals surface area contributed by atoms with E-state index in [9.17, 15) is 9.59 Å². The van der Waals surface area contributed by atoms with Crippen LogP contribution in [0.1, 0.15) is 30.6 Å². The maximum Gasteiger partial charge on any atom is 0.277 e. The van der Waals surface area contributed by atoms with E-state index in [0.717, 1.165) is 35.0 Å². The second-order valence-corrected chi connectivity index (χ2v) is 9.25. The third-order valence-electron chi connectivity index (χ3n) is 6.47. The molecule has 38 heavy (non-hydrogen) atoms. The predicted molar refractivity (Wildman–Crippen MR) is 150 cm³/mol. The van der Waals surface area contributed by atoms with E-state index in [1.54, 1.807) is 18.6 Å². The van der Waals surface area contributed by atoms with Crippen molar-refractivity contribution < 1.29 is 4.79 Å². The van der Waals surface area contributed by atoms with Crippen molar-refractivity contribution in [1.82, 2.24) is 24.8 Å². The highest BCUT2D eigenvalue weighted by atomic mass is 16.2. The first-order chi connectivity index (χ1) is 18.6. The van der Waals surface area contributed by atoms with Crippen LogP contribution in [0.4, 0.5) is 5.69 Å². The number of aromatic amines is 1. The van der Waals surface area contributed by atoms with Crippen LogP contribution in [0.5, 0.6) is 0 Å². The molecule has 1 atom stereocenters. The van der Waals surface area contributed by atoms with Crippen LogP contribution in [-0.2, 0) is 17.8 Å². The highest BCUT2D eigenvalue weighted by Crippen LogP contribution is 2.20. The molecule has 0 saturated carbocycles. The number of aromatic nitrogens is 4. The van der Waals surface area contributed by atoms with Crippen LogP contribution in [0.3, 0.4) is 0 Å². The van der Waals surface area contributed by atoms with Crippen molar-refractivity contribution in [2.75, 3.05) is 11.9 Å². The van der Waals surface area contributed by atoms with E-state index in [2.05, 4.69) is 37.7 Å². The van der Waals surface area contributed by atoms with Gasteiger partial charge in [0.1, 0.15) is 18.1 Å². The van der Waals surface area contributed by atoms with Crippen molar-refractivity contribution in [3.63, 3.8) is 0 Å². The summed E-state index contributed by atoms with van der Waals surface area (Å²) in [5.74, 6) is 0.168. The molecule has 192 valence electrons. The van der Waals surface area contributed by atoms with Crippen LogP contribution in [0.2, 0.25) is 0 Å². The monoisotopic (exact) mass is 506 g/mol. The minimum absolute atomic E-state index is 0.151. The van der Waals surface area contributed by atoms with E-state index in [1.807, 2.05) is 67.6 Å². The number of carbonyl (C=O) groups is 1. The molecule has 3 aromatic heterocycles. The molecule has 2 aromatic carbocycles. The smallest absolute Gasteiger partial charge is 0.277 e. The van der Waals surface area contributed by atoms with Crippen LogP contribution in [0.15, 0.2) is 96.2 Å². The van der Waals surface area contributed by atoms with Gasteiger partial charge in [-0.2, -0.15) is 0 Å². The lowest BCUT2D eigenvalue weighted by Crippen LogP contribution is -2.35. The number of aryl methyl sites for hydroxylation is 1. The Bertz CT molecular complexity index is 1540. The van der Waals surface area contributed by atoms with Gasteiger partial charge in [0.2, 0.25) is 5.91 Å². The molecule has 0 aliphatic rings. The summed E-state index contributed by atoms with van der Waals surface area (Å²) in [5.41, 5.74) is 3.93. The van der Waals surface area contributed by atoms with Gasteiger partial charge in [0.05, 0.1) is 12.2 Å². The lowest BCUT2D eigenvalue weighted by atomic mass is 10.1. The average molecular weight is 507 g/mol. The van der Waals surface area contributed by atoms with Crippen molar-refractivity contribution in [1.29, 1.82) is 0 Å². The number of hydrogen-bond donors (Lipinski definition) is 3. The summed E-state index contributed by atoms with van der Waals surface area (Å²) in [4.78, 5) is 38.7. The SMILES string of the molecule is C[C@H](NC(=O)Cn1c(-c2ccccc2)ncc(NCCCc2ccccc2)c1=O)c1cc2cnccc2[nH]1. The van der Waals surface area contributed by atoms with E-state index in [4.69, 9.17) is 0 Å². The summed E-state index contributed by atoms with van der Waals surface area (Å²) in [6.45, 7) is 2.37. The van der Waals surface area contributed by atoms with Gasteiger partial charge in [0.15, 0.2) is 0 Å². The number of nitrogens with zero attached hydrogens (tertiary/aromatic N) is 3. The quantitative estimate of drug-likeness (QED) is 0.238. The van der Waals surface area contributed by atoms with Gasteiger partial charge in [-0.3, -0.25) is 19.1 Å². The summed E-state index contributed by atoms with van der Waals surface area (Å²) in [7, 11) is 0. The van der Waals surface area contributed by atoms with E-state index in [1.165, 1.54) is 10.1 Å². The molecule has 8 heteroatoms. The zero-order chi connectivity index (χ0) is 26.3. The molecule has 0 saturated heterocycles. The van der Waals surface area contributed by atoms with Crippen LogP contribution >= 0.6 is 0 Å². The largest absolute Gasteiger partial charge is 0.379 e. The second-order valence-electron chi connectivity index (χ2n) is 9.25. The number of benzene rings is 2. The highest BCUT2D eigenvalue weighted by Gasteiger charge is 2.17.